The summed E-state index contributed by atoms with van der Waals surface area (Å²) in [6.45, 7) is 2.29. The summed E-state index contributed by atoms with van der Waals surface area (Å²) < 4.78 is 5.48. The third-order valence-corrected chi connectivity index (χ3v) is 3.32. The molecular weight excluding hydrogens is 240 g/mol. The summed E-state index contributed by atoms with van der Waals surface area (Å²) in [6.07, 6.45) is 3.91. The summed E-state index contributed by atoms with van der Waals surface area (Å²) in [6, 6.07) is 10.2. The molecule has 0 radical (unpaired) electrons. The minimum Gasteiger partial charge on any atom is -0.493 e. The van der Waals surface area contributed by atoms with Crippen LogP contribution in [0.2, 0.25) is 0 Å². The maximum Gasteiger partial charge on any atom is 0.223 e. The van der Waals surface area contributed by atoms with E-state index in [2.05, 4.69) is 10.6 Å². The predicted molar refractivity (Wildman–Crippen MR) is 75.2 cm³/mol. The molecule has 0 bridgehead atoms. The van der Waals surface area contributed by atoms with Crippen molar-refractivity contribution in [3.05, 3.63) is 30.3 Å². The van der Waals surface area contributed by atoms with Crippen LogP contribution >= 0.6 is 0 Å². The van der Waals surface area contributed by atoms with E-state index in [0.29, 0.717) is 19.1 Å². The van der Waals surface area contributed by atoms with Crippen LogP contribution in [-0.4, -0.2) is 31.6 Å². The van der Waals surface area contributed by atoms with Crippen LogP contribution in [0, 0.1) is 0 Å². The van der Waals surface area contributed by atoms with Crippen LogP contribution in [-0.2, 0) is 4.79 Å². The molecule has 0 aromatic heterocycles. The molecule has 1 aliphatic heterocycles. The van der Waals surface area contributed by atoms with E-state index in [0.717, 1.165) is 25.3 Å². The molecule has 1 amide bonds. The van der Waals surface area contributed by atoms with Gasteiger partial charge in [0.25, 0.3) is 0 Å². The first-order chi connectivity index (χ1) is 9.34. The number of hydrogen-bond donors (Lipinski definition) is 2. The Morgan fingerprint density at radius 2 is 2.21 bits per heavy atom. The van der Waals surface area contributed by atoms with Gasteiger partial charge in [-0.1, -0.05) is 18.2 Å². The zero-order chi connectivity index (χ0) is 13.3. The van der Waals surface area contributed by atoms with E-state index in [1.165, 1.54) is 12.8 Å². The zero-order valence-electron chi connectivity index (χ0n) is 11.2. The lowest BCUT2D eigenvalue weighted by atomic mass is 10.1. The van der Waals surface area contributed by atoms with Gasteiger partial charge in [0.2, 0.25) is 5.91 Å². The molecule has 1 unspecified atom stereocenters. The smallest absolute Gasteiger partial charge is 0.223 e. The molecule has 4 nitrogen and oxygen atoms in total. The minimum atomic E-state index is 0.0638. The average Bonchev–Trinajstić information content (AvgIpc) is 2.93. The number of nitrogens with one attached hydrogen (secondary N) is 2. The van der Waals surface area contributed by atoms with Crippen LogP contribution in [0.1, 0.15) is 25.7 Å². The molecule has 2 N–H and O–H groups in total. The van der Waals surface area contributed by atoms with Crippen molar-refractivity contribution in [2.75, 3.05) is 19.7 Å². The van der Waals surface area contributed by atoms with Gasteiger partial charge in [-0.05, 0) is 37.9 Å². The van der Waals surface area contributed by atoms with E-state index in [9.17, 15) is 4.79 Å². The van der Waals surface area contributed by atoms with Crippen molar-refractivity contribution in [3.8, 4) is 5.75 Å². The highest BCUT2D eigenvalue weighted by atomic mass is 16.5. The molecular formula is C15H22N2O2. The largest absolute Gasteiger partial charge is 0.493 e. The SMILES string of the molecule is O=C(CCOc1ccccc1)NCCC1CCCN1. The number of hydrogen-bond acceptors (Lipinski definition) is 3. The van der Waals surface area contributed by atoms with E-state index < -0.39 is 0 Å². The van der Waals surface area contributed by atoms with Crippen molar-refractivity contribution < 1.29 is 9.53 Å². The van der Waals surface area contributed by atoms with Gasteiger partial charge < -0.3 is 15.4 Å². The Bertz CT molecular complexity index is 375. The summed E-state index contributed by atoms with van der Waals surface area (Å²) in [5.41, 5.74) is 0. The van der Waals surface area contributed by atoms with E-state index in [4.69, 9.17) is 4.74 Å². The number of carbonyl (C=O) groups is 1. The van der Waals surface area contributed by atoms with Crippen LogP contribution in [0.25, 0.3) is 0 Å². The summed E-state index contributed by atoms with van der Waals surface area (Å²) in [5.74, 6) is 0.874. The Hall–Kier alpha value is -1.55. The van der Waals surface area contributed by atoms with Crippen molar-refractivity contribution in [1.82, 2.24) is 10.6 Å². The Morgan fingerprint density at radius 1 is 1.37 bits per heavy atom. The van der Waals surface area contributed by atoms with Crippen LogP contribution in [0.4, 0.5) is 0 Å². The molecule has 0 saturated carbocycles. The van der Waals surface area contributed by atoms with E-state index in [1.807, 2.05) is 30.3 Å². The second kappa shape index (κ2) is 7.79. The van der Waals surface area contributed by atoms with Crippen LogP contribution in [0.15, 0.2) is 30.3 Å². The molecule has 1 atom stereocenters. The maximum atomic E-state index is 11.6. The molecule has 4 heteroatoms. The summed E-state index contributed by atoms with van der Waals surface area (Å²) in [5, 5.41) is 6.36. The summed E-state index contributed by atoms with van der Waals surface area (Å²) in [7, 11) is 0. The fourth-order valence-electron chi connectivity index (χ4n) is 2.26. The third kappa shape index (κ3) is 5.30. The van der Waals surface area contributed by atoms with Gasteiger partial charge in [-0.15, -0.1) is 0 Å². The van der Waals surface area contributed by atoms with Gasteiger partial charge in [0.05, 0.1) is 13.0 Å². The molecule has 19 heavy (non-hydrogen) atoms. The first-order valence-corrected chi connectivity index (χ1v) is 7.02. The lowest BCUT2D eigenvalue weighted by Gasteiger charge is -2.11. The van der Waals surface area contributed by atoms with E-state index >= 15 is 0 Å². The topological polar surface area (TPSA) is 50.4 Å². The number of carbonyl (C=O) groups excluding carboxylic acids is 1. The second-order valence-corrected chi connectivity index (χ2v) is 4.84. The molecule has 1 saturated heterocycles. The molecule has 1 heterocycles. The quantitative estimate of drug-likeness (QED) is 0.786. The van der Waals surface area contributed by atoms with Crippen LogP contribution in [0.3, 0.4) is 0 Å². The van der Waals surface area contributed by atoms with Crippen molar-refractivity contribution in [2.45, 2.75) is 31.7 Å². The number of ether oxygens (including phenoxy) is 1. The maximum absolute atomic E-state index is 11.6. The normalized spacial score (nSPS) is 18.2. The lowest BCUT2D eigenvalue weighted by molar-refractivity contribution is -0.121. The fourth-order valence-corrected chi connectivity index (χ4v) is 2.26. The first kappa shape index (κ1) is 13.9. The Balaban J connectivity index is 1.52. The lowest BCUT2D eigenvalue weighted by Crippen LogP contribution is -2.31. The summed E-state index contributed by atoms with van der Waals surface area (Å²) >= 11 is 0. The number of amides is 1. The van der Waals surface area contributed by atoms with Gasteiger partial charge in [-0.2, -0.15) is 0 Å². The molecule has 1 aromatic rings. The third-order valence-electron chi connectivity index (χ3n) is 3.32. The van der Waals surface area contributed by atoms with Crippen molar-refractivity contribution >= 4 is 5.91 Å². The van der Waals surface area contributed by atoms with Gasteiger partial charge in [0, 0.05) is 12.6 Å². The fraction of sp³-hybridized carbons (Fsp3) is 0.533. The highest BCUT2D eigenvalue weighted by molar-refractivity contribution is 5.75. The first-order valence-electron chi connectivity index (χ1n) is 7.02. The number of rotatable bonds is 7. The Labute approximate surface area is 114 Å². The van der Waals surface area contributed by atoms with Gasteiger partial charge in [0.1, 0.15) is 5.75 Å². The molecule has 1 fully saturated rings. The Morgan fingerprint density at radius 3 is 2.95 bits per heavy atom. The number of benzene rings is 1. The predicted octanol–water partition coefficient (Wildman–Crippen LogP) is 1.71. The molecule has 2 rings (SSSR count). The molecule has 1 aliphatic rings. The zero-order valence-corrected chi connectivity index (χ0v) is 11.2. The molecule has 0 aliphatic carbocycles. The van der Waals surface area contributed by atoms with Gasteiger partial charge in [-0.25, -0.2) is 0 Å². The van der Waals surface area contributed by atoms with E-state index in [1.54, 1.807) is 0 Å². The van der Waals surface area contributed by atoms with Crippen LogP contribution in [0.5, 0.6) is 5.75 Å². The molecule has 104 valence electrons. The van der Waals surface area contributed by atoms with Gasteiger partial charge in [-0.3, -0.25) is 4.79 Å². The van der Waals surface area contributed by atoms with Gasteiger partial charge in [0.15, 0.2) is 0 Å². The molecule has 1 aromatic carbocycles. The number of para-hydroxylation sites is 1. The average molecular weight is 262 g/mol. The van der Waals surface area contributed by atoms with Crippen molar-refractivity contribution in [1.29, 1.82) is 0 Å². The Kier molecular flexibility index (Phi) is 5.69. The van der Waals surface area contributed by atoms with Crippen LogP contribution < -0.4 is 15.4 Å². The standard InChI is InChI=1S/C15H22N2O2/c18-15(17-11-8-13-5-4-10-16-13)9-12-19-14-6-2-1-3-7-14/h1-3,6-7,13,16H,4-5,8-12H2,(H,17,18). The monoisotopic (exact) mass is 262 g/mol. The molecule has 0 spiro atoms. The van der Waals surface area contributed by atoms with E-state index in [-0.39, 0.29) is 5.91 Å². The summed E-state index contributed by atoms with van der Waals surface area (Å²) in [4.78, 5) is 11.6. The van der Waals surface area contributed by atoms with Crippen molar-refractivity contribution in [3.63, 3.8) is 0 Å². The minimum absolute atomic E-state index is 0.0638. The highest BCUT2D eigenvalue weighted by Crippen LogP contribution is 2.09. The van der Waals surface area contributed by atoms with Gasteiger partial charge >= 0.3 is 0 Å². The second-order valence-electron chi connectivity index (χ2n) is 4.84. The highest BCUT2D eigenvalue weighted by Gasteiger charge is 2.13. The van der Waals surface area contributed by atoms with Crippen molar-refractivity contribution in [2.24, 2.45) is 0 Å².